The Morgan fingerprint density at radius 2 is 1.79 bits per heavy atom. The van der Waals surface area contributed by atoms with E-state index in [0.717, 1.165) is 54.9 Å². The predicted molar refractivity (Wildman–Crippen MR) is 136 cm³/mol. The molecule has 1 N–H and O–H groups in total. The van der Waals surface area contributed by atoms with Crippen LogP contribution in [0, 0.1) is 0 Å². The summed E-state index contributed by atoms with van der Waals surface area (Å²) in [5, 5.41) is 3.48. The molecule has 8 nitrogen and oxygen atoms in total. The van der Waals surface area contributed by atoms with Gasteiger partial charge in [0, 0.05) is 49.8 Å². The van der Waals surface area contributed by atoms with Crippen LogP contribution in [0.5, 0.6) is 11.5 Å². The summed E-state index contributed by atoms with van der Waals surface area (Å²) in [6.45, 7) is 6.05. The zero-order chi connectivity index (χ0) is 23.8. The number of methoxy groups -OCH3 is 1. The van der Waals surface area contributed by atoms with Crippen LogP contribution in [0.1, 0.15) is 6.92 Å². The molecule has 1 saturated heterocycles. The fourth-order valence-electron chi connectivity index (χ4n) is 3.71. The van der Waals surface area contributed by atoms with Gasteiger partial charge in [0.2, 0.25) is 5.91 Å². The van der Waals surface area contributed by atoms with Crippen LogP contribution in [0.15, 0.2) is 66.0 Å². The summed E-state index contributed by atoms with van der Waals surface area (Å²) in [4.78, 5) is 26.0. The first-order valence-corrected chi connectivity index (χ1v) is 12.3. The van der Waals surface area contributed by atoms with Crippen molar-refractivity contribution in [2.24, 2.45) is 0 Å². The van der Waals surface area contributed by atoms with Gasteiger partial charge in [0.05, 0.1) is 19.5 Å². The van der Waals surface area contributed by atoms with E-state index in [9.17, 15) is 4.79 Å². The van der Waals surface area contributed by atoms with Crippen molar-refractivity contribution in [3.63, 3.8) is 0 Å². The number of anilines is 3. The molecule has 0 unspecified atom stereocenters. The Kier molecular flexibility index (Phi) is 8.08. The number of aromatic nitrogens is 2. The fraction of sp³-hybridized carbons (Fsp3) is 0.320. The first-order valence-electron chi connectivity index (χ1n) is 11.3. The molecule has 1 aliphatic heterocycles. The molecule has 1 fully saturated rings. The van der Waals surface area contributed by atoms with Crippen LogP contribution in [0.4, 0.5) is 17.2 Å². The Bertz CT molecular complexity index is 1090. The van der Waals surface area contributed by atoms with E-state index in [1.54, 1.807) is 13.3 Å². The van der Waals surface area contributed by atoms with Crippen LogP contribution >= 0.6 is 11.8 Å². The average molecular weight is 480 g/mol. The number of benzene rings is 2. The minimum atomic E-state index is -0.102. The van der Waals surface area contributed by atoms with E-state index in [4.69, 9.17) is 9.47 Å². The smallest absolute Gasteiger partial charge is 0.234 e. The lowest BCUT2D eigenvalue weighted by Crippen LogP contribution is -2.46. The number of thioether (sulfide) groups is 1. The molecule has 0 spiro atoms. The highest BCUT2D eigenvalue weighted by molar-refractivity contribution is 7.99. The van der Waals surface area contributed by atoms with Crippen molar-refractivity contribution in [3.8, 4) is 11.5 Å². The number of amides is 1. The molecule has 4 rings (SSSR count). The van der Waals surface area contributed by atoms with Gasteiger partial charge in [-0.2, -0.15) is 0 Å². The Labute approximate surface area is 204 Å². The molecule has 2 heterocycles. The Balaban J connectivity index is 1.28. The largest absolute Gasteiger partial charge is 0.497 e. The van der Waals surface area contributed by atoms with E-state index in [-0.39, 0.29) is 11.7 Å². The number of carbonyl (C=O) groups is 1. The molecule has 0 saturated carbocycles. The second-order valence-electron chi connectivity index (χ2n) is 7.67. The standard InChI is InChI=1S/C25H29N5O3S/c1-3-33-21-9-7-19(8-10-21)27-24(31)18-34-25-26-12-11-23(28-25)30-15-13-29(14-16-30)20-5-4-6-22(17-20)32-2/h4-12,17H,3,13-16,18H2,1-2H3,(H,27,31). The number of nitrogens with zero attached hydrogens (tertiary/aromatic N) is 4. The van der Waals surface area contributed by atoms with E-state index in [1.807, 2.05) is 49.4 Å². The SMILES string of the molecule is CCOc1ccc(NC(=O)CSc2nccc(N3CCN(c4cccc(OC)c4)CC3)n2)cc1. The molecular weight excluding hydrogens is 450 g/mol. The summed E-state index contributed by atoms with van der Waals surface area (Å²) in [6, 6.07) is 17.4. The lowest BCUT2D eigenvalue weighted by molar-refractivity contribution is -0.113. The maximum atomic E-state index is 12.4. The van der Waals surface area contributed by atoms with Crippen molar-refractivity contribution < 1.29 is 14.3 Å². The maximum Gasteiger partial charge on any atom is 0.234 e. The number of piperazine rings is 1. The van der Waals surface area contributed by atoms with Gasteiger partial charge in [-0.3, -0.25) is 4.79 Å². The third-order valence-electron chi connectivity index (χ3n) is 5.42. The maximum absolute atomic E-state index is 12.4. The van der Waals surface area contributed by atoms with Gasteiger partial charge in [0.15, 0.2) is 5.16 Å². The van der Waals surface area contributed by atoms with Crippen molar-refractivity contribution in [3.05, 3.63) is 60.8 Å². The lowest BCUT2D eigenvalue weighted by Gasteiger charge is -2.36. The summed E-state index contributed by atoms with van der Waals surface area (Å²) in [6.07, 6.45) is 1.75. The Morgan fingerprint density at radius 1 is 1.03 bits per heavy atom. The third kappa shape index (κ3) is 6.32. The number of hydrogen-bond acceptors (Lipinski definition) is 8. The van der Waals surface area contributed by atoms with Crippen LogP contribution < -0.4 is 24.6 Å². The van der Waals surface area contributed by atoms with Crippen LogP contribution in [0.3, 0.4) is 0 Å². The number of ether oxygens (including phenoxy) is 2. The summed E-state index contributed by atoms with van der Waals surface area (Å²) in [7, 11) is 1.69. The molecular formula is C25H29N5O3S. The molecule has 9 heteroatoms. The molecule has 0 aliphatic carbocycles. The summed E-state index contributed by atoms with van der Waals surface area (Å²) < 4.78 is 10.8. The van der Waals surface area contributed by atoms with Gasteiger partial charge in [0.25, 0.3) is 0 Å². The summed E-state index contributed by atoms with van der Waals surface area (Å²) in [5.41, 5.74) is 1.90. The molecule has 1 amide bonds. The number of nitrogens with one attached hydrogen (secondary N) is 1. The van der Waals surface area contributed by atoms with Gasteiger partial charge in [-0.15, -0.1) is 0 Å². The molecule has 0 bridgehead atoms. The minimum Gasteiger partial charge on any atom is -0.497 e. The highest BCUT2D eigenvalue weighted by atomic mass is 32.2. The monoisotopic (exact) mass is 479 g/mol. The van der Waals surface area contributed by atoms with Gasteiger partial charge < -0.3 is 24.6 Å². The molecule has 178 valence electrons. The second kappa shape index (κ2) is 11.6. The van der Waals surface area contributed by atoms with E-state index in [0.29, 0.717) is 11.8 Å². The van der Waals surface area contributed by atoms with E-state index >= 15 is 0 Å². The molecule has 0 radical (unpaired) electrons. The molecule has 1 aromatic heterocycles. The summed E-state index contributed by atoms with van der Waals surface area (Å²) >= 11 is 1.33. The topological polar surface area (TPSA) is 79.8 Å². The zero-order valence-electron chi connectivity index (χ0n) is 19.4. The Morgan fingerprint density at radius 3 is 2.53 bits per heavy atom. The molecule has 0 atom stereocenters. The molecule has 2 aromatic carbocycles. The van der Waals surface area contributed by atoms with Crippen LogP contribution in [-0.4, -0.2) is 61.5 Å². The molecule has 3 aromatic rings. The van der Waals surface area contributed by atoms with Gasteiger partial charge in [-0.1, -0.05) is 17.8 Å². The van der Waals surface area contributed by atoms with Crippen molar-refractivity contribution in [2.75, 3.05) is 60.8 Å². The van der Waals surface area contributed by atoms with Crippen molar-refractivity contribution in [2.45, 2.75) is 12.1 Å². The second-order valence-corrected chi connectivity index (χ2v) is 8.61. The third-order valence-corrected chi connectivity index (χ3v) is 6.28. The van der Waals surface area contributed by atoms with Crippen molar-refractivity contribution in [1.82, 2.24) is 9.97 Å². The zero-order valence-corrected chi connectivity index (χ0v) is 20.3. The van der Waals surface area contributed by atoms with Gasteiger partial charge >= 0.3 is 0 Å². The van der Waals surface area contributed by atoms with E-state index in [1.165, 1.54) is 11.8 Å². The van der Waals surface area contributed by atoms with Crippen molar-refractivity contribution in [1.29, 1.82) is 0 Å². The first kappa shape index (κ1) is 23.7. The highest BCUT2D eigenvalue weighted by Crippen LogP contribution is 2.24. The fourth-order valence-corrected chi connectivity index (χ4v) is 4.33. The first-order chi connectivity index (χ1) is 16.6. The summed E-state index contributed by atoms with van der Waals surface area (Å²) in [5.74, 6) is 2.67. The Hall–Kier alpha value is -3.46. The quantitative estimate of drug-likeness (QED) is 0.365. The van der Waals surface area contributed by atoms with Gasteiger partial charge in [-0.05, 0) is 49.4 Å². The van der Waals surface area contributed by atoms with Gasteiger partial charge in [0.1, 0.15) is 17.3 Å². The van der Waals surface area contributed by atoms with Crippen molar-refractivity contribution >= 4 is 34.9 Å². The lowest BCUT2D eigenvalue weighted by atomic mass is 10.2. The molecule has 34 heavy (non-hydrogen) atoms. The number of rotatable bonds is 9. The molecule has 1 aliphatic rings. The van der Waals surface area contributed by atoms with Crippen LogP contribution in [0.25, 0.3) is 0 Å². The van der Waals surface area contributed by atoms with E-state index in [2.05, 4.69) is 37.2 Å². The van der Waals surface area contributed by atoms with Crippen LogP contribution in [-0.2, 0) is 4.79 Å². The normalized spacial score (nSPS) is 13.5. The predicted octanol–water partition coefficient (Wildman–Crippen LogP) is 3.94. The highest BCUT2D eigenvalue weighted by Gasteiger charge is 2.19. The number of carbonyl (C=O) groups excluding carboxylic acids is 1. The van der Waals surface area contributed by atoms with E-state index < -0.39 is 0 Å². The van der Waals surface area contributed by atoms with Gasteiger partial charge in [-0.25, -0.2) is 9.97 Å². The number of hydrogen-bond donors (Lipinski definition) is 1. The minimum absolute atomic E-state index is 0.102. The average Bonchev–Trinajstić information content (AvgIpc) is 2.89. The van der Waals surface area contributed by atoms with Crippen LogP contribution in [0.2, 0.25) is 0 Å².